The maximum atomic E-state index is 13.2. The van der Waals surface area contributed by atoms with E-state index in [1.807, 2.05) is 121 Å². The van der Waals surface area contributed by atoms with E-state index in [9.17, 15) is 19.2 Å². The number of nitrogens with zero attached hydrogens (tertiary/aromatic N) is 2. The van der Waals surface area contributed by atoms with Crippen molar-refractivity contribution in [1.29, 1.82) is 0 Å². The van der Waals surface area contributed by atoms with Crippen LogP contribution in [0.3, 0.4) is 0 Å². The summed E-state index contributed by atoms with van der Waals surface area (Å²) in [6.45, 7) is 2.75. The van der Waals surface area contributed by atoms with Crippen molar-refractivity contribution >= 4 is 92.7 Å². The van der Waals surface area contributed by atoms with Gasteiger partial charge in [-0.1, -0.05) is 126 Å². The van der Waals surface area contributed by atoms with Crippen molar-refractivity contribution in [3.63, 3.8) is 0 Å². The molecule has 0 saturated carbocycles. The van der Waals surface area contributed by atoms with Gasteiger partial charge in [0.25, 0.3) is 0 Å². The third-order valence-corrected chi connectivity index (χ3v) is 17.0. The number of aromatic nitrogens is 4. The fourth-order valence-corrected chi connectivity index (χ4v) is 12.0. The van der Waals surface area contributed by atoms with Crippen LogP contribution in [0.2, 0.25) is 0 Å². The second kappa shape index (κ2) is 35.7. The summed E-state index contributed by atoms with van der Waals surface area (Å²) in [5.41, 5.74) is 38.6. The van der Waals surface area contributed by atoms with Gasteiger partial charge in [0.2, 0.25) is 23.6 Å². The van der Waals surface area contributed by atoms with Gasteiger partial charge in [0, 0.05) is 92.8 Å². The number of carbonyl (C=O) groups is 4. The zero-order chi connectivity index (χ0) is 64.3. The molecule has 3 aromatic heterocycles. The van der Waals surface area contributed by atoms with Crippen molar-refractivity contribution in [2.24, 2.45) is 22.9 Å². The van der Waals surface area contributed by atoms with Crippen LogP contribution in [-0.2, 0) is 19.2 Å². The summed E-state index contributed by atoms with van der Waals surface area (Å²) in [5, 5.41) is 12.5. The number of carbonyl (C=O) groups excluding carboxylic acids is 4. The SMILES string of the molecule is NCCCCCCCC(=O)Nc1ccc(-c2c3nc(c(-c4ccc(NC(=O)CCCCCCCN)cc4)c4ccc([nH]4)c(-c4ccc(NC(=O)CCCCCCCN)cc4)c4nc(c(-c5ccc(NC(=O)CCCCCCCN)cc5)c5ccc2[nH]5)C=C4)C=C3)cc1. The van der Waals surface area contributed by atoms with Crippen LogP contribution >= 0.6 is 0 Å². The molecule has 0 fully saturated rings. The summed E-state index contributed by atoms with van der Waals surface area (Å²) in [6.07, 6.45) is 29.7. The summed E-state index contributed by atoms with van der Waals surface area (Å²) in [6, 6.07) is 40.1. The number of hydrogen-bond acceptors (Lipinski definition) is 10. The standard InChI is InChI=1S/C76H94N12O4/c77-49-17-9-1-5-13-21-69(89)81-57-33-25-53(26-34-57)73-61-41-43-63(85-61)74(54-27-35-58(36-28-54)82-70(90)22-14-6-2-10-18-50-78)65-45-47-67(87-65)76(56-31-39-60(40-32-56)84-72(92)24-16-8-4-12-20-52-80)68-48-46-66(88-68)75(64-44-42-62(73)86-64)55-29-37-59(38-30-55)83-71(91)23-15-7-3-11-19-51-79/h25-48,85,88H,1-24,49-52,77-80H2,(H,81,89)(H,82,90)(H,83,91)(H,84,92). The van der Waals surface area contributed by atoms with Crippen molar-refractivity contribution < 1.29 is 19.2 Å². The van der Waals surface area contributed by atoms with Crippen LogP contribution in [0.15, 0.2) is 121 Å². The lowest BCUT2D eigenvalue weighted by molar-refractivity contribution is -0.117. The zero-order valence-corrected chi connectivity index (χ0v) is 53.5. The number of fused-ring (bicyclic) bond motifs is 8. The molecule has 0 unspecified atom stereocenters. The summed E-state index contributed by atoms with van der Waals surface area (Å²) < 4.78 is 0. The lowest BCUT2D eigenvalue weighted by atomic mass is 10.0. The zero-order valence-electron chi connectivity index (χ0n) is 53.5. The first-order valence-electron chi connectivity index (χ1n) is 33.7. The quantitative estimate of drug-likeness (QED) is 0.0166. The van der Waals surface area contributed by atoms with Crippen molar-refractivity contribution in [1.82, 2.24) is 19.9 Å². The van der Waals surface area contributed by atoms with E-state index in [-0.39, 0.29) is 23.6 Å². The Balaban J connectivity index is 1.16. The van der Waals surface area contributed by atoms with Gasteiger partial charge in [-0.2, -0.15) is 0 Å². The van der Waals surface area contributed by atoms with Crippen LogP contribution in [0.25, 0.3) is 90.9 Å². The highest BCUT2D eigenvalue weighted by Crippen LogP contribution is 2.40. The smallest absolute Gasteiger partial charge is 0.224 e. The van der Waals surface area contributed by atoms with Gasteiger partial charge in [-0.25, -0.2) is 9.97 Å². The van der Waals surface area contributed by atoms with E-state index in [2.05, 4.69) is 55.5 Å². The van der Waals surface area contributed by atoms with E-state index in [4.69, 9.17) is 32.9 Å². The highest BCUT2D eigenvalue weighted by Gasteiger charge is 2.21. The number of anilines is 4. The predicted octanol–water partition coefficient (Wildman–Crippen LogP) is 16.3. The van der Waals surface area contributed by atoms with E-state index in [1.54, 1.807) is 0 Å². The summed E-state index contributed by atoms with van der Waals surface area (Å²) >= 11 is 0. The lowest BCUT2D eigenvalue weighted by Crippen LogP contribution is -2.11. The molecule has 92 heavy (non-hydrogen) atoms. The number of aromatic amines is 2. The highest BCUT2D eigenvalue weighted by atomic mass is 16.2. The molecule has 0 aliphatic carbocycles. The third-order valence-electron chi connectivity index (χ3n) is 17.0. The lowest BCUT2D eigenvalue weighted by Gasteiger charge is -2.10. The van der Waals surface area contributed by atoms with Crippen molar-refractivity contribution in [2.45, 2.75) is 154 Å². The number of unbranched alkanes of at least 4 members (excludes halogenated alkanes) is 16. The Morgan fingerprint density at radius 3 is 0.674 bits per heavy atom. The van der Waals surface area contributed by atoms with Crippen LogP contribution in [0.1, 0.15) is 177 Å². The molecule has 482 valence electrons. The van der Waals surface area contributed by atoms with Crippen LogP contribution < -0.4 is 44.2 Å². The molecule has 0 radical (unpaired) electrons. The molecule has 16 nitrogen and oxygen atoms in total. The average molecular weight is 1240 g/mol. The Labute approximate surface area is 542 Å². The van der Waals surface area contributed by atoms with E-state index in [0.717, 1.165) is 218 Å². The normalized spacial score (nSPS) is 11.7. The molecule has 0 spiro atoms. The molecular weight excluding hydrogens is 1140 g/mol. The van der Waals surface area contributed by atoms with Crippen LogP contribution in [-0.4, -0.2) is 69.7 Å². The van der Waals surface area contributed by atoms with Crippen molar-refractivity contribution in [2.75, 3.05) is 47.4 Å². The maximum absolute atomic E-state index is 13.2. The van der Waals surface area contributed by atoms with E-state index >= 15 is 0 Å². The van der Waals surface area contributed by atoms with Crippen molar-refractivity contribution in [3.05, 3.63) is 144 Å². The highest BCUT2D eigenvalue weighted by molar-refractivity contribution is 6.01. The molecule has 14 N–H and O–H groups in total. The number of nitrogens with one attached hydrogen (secondary N) is 6. The summed E-state index contributed by atoms with van der Waals surface area (Å²) in [4.78, 5) is 71.5. The van der Waals surface area contributed by atoms with Gasteiger partial charge in [0.15, 0.2) is 0 Å². The molecule has 2 aliphatic rings. The van der Waals surface area contributed by atoms with Crippen molar-refractivity contribution in [3.8, 4) is 44.5 Å². The summed E-state index contributed by atoms with van der Waals surface area (Å²) in [5.74, 6) is -0.0822. The van der Waals surface area contributed by atoms with E-state index in [0.29, 0.717) is 74.6 Å². The molecule has 4 aromatic carbocycles. The Bertz CT molecular complexity index is 3310. The van der Waals surface area contributed by atoms with Gasteiger partial charge < -0.3 is 54.2 Å². The van der Waals surface area contributed by atoms with Gasteiger partial charge in [0.1, 0.15) is 0 Å². The van der Waals surface area contributed by atoms with E-state index < -0.39 is 0 Å². The molecule has 8 bridgehead atoms. The minimum Gasteiger partial charge on any atom is -0.354 e. The molecule has 16 heteroatoms. The second-order valence-corrected chi connectivity index (χ2v) is 24.2. The van der Waals surface area contributed by atoms with Crippen LogP contribution in [0.4, 0.5) is 22.7 Å². The fourth-order valence-electron chi connectivity index (χ4n) is 12.0. The van der Waals surface area contributed by atoms with Gasteiger partial charge in [-0.05, 0) is 197 Å². The molecule has 0 saturated heterocycles. The molecule has 7 aromatic rings. The molecule has 0 atom stereocenters. The number of H-pyrrole nitrogens is 2. The molecule has 9 rings (SSSR count). The van der Waals surface area contributed by atoms with Crippen LogP contribution in [0, 0.1) is 0 Å². The number of nitrogens with two attached hydrogens (primary N) is 4. The third kappa shape index (κ3) is 19.6. The van der Waals surface area contributed by atoms with Gasteiger partial charge in [-0.3, -0.25) is 19.2 Å². The predicted molar refractivity (Wildman–Crippen MR) is 382 cm³/mol. The molecular formula is C76H94N12O4. The Morgan fingerprint density at radius 2 is 0.467 bits per heavy atom. The first-order valence-corrected chi connectivity index (χ1v) is 33.7. The Kier molecular flexibility index (Phi) is 26.2. The minimum absolute atomic E-state index is 0.0205. The van der Waals surface area contributed by atoms with E-state index in [1.165, 1.54) is 0 Å². The number of benzene rings is 4. The largest absolute Gasteiger partial charge is 0.354 e. The number of hydrogen-bond donors (Lipinski definition) is 10. The summed E-state index contributed by atoms with van der Waals surface area (Å²) in [7, 11) is 0. The Morgan fingerprint density at radius 1 is 0.272 bits per heavy atom. The average Bonchev–Trinajstić information content (AvgIpc) is 1.64. The number of rotatable bonds is 36. The number of amides is 4. The second-order valence-electron chi connectivity index (χ2n) is 24.2. The first-order chi connectivity index (χ1) is 45.1. The van der Waals surface area contributed by atoms with Gasteiger partial charge in [0.05, 0.1) is 22.8 Å². The molecule has 4 amide bonds. The fraction of sp³-hybridized carbons (Fsp3) is 0.368. The maximum Gasteiger partial charge on any atom is 0.224 e. The van der Waals surface area contributed by atoms with Gasteiger partial charge >= 0.3 is 0 Å². The van der Waals surface area contributed by atoms with Gasteiger partial charge in [-0.15, -0.1) is 0 Å². The molecule has 2 aliphatic heterocycles. The monoisotopic (exact) mass is 1240 g/mol. The Hall–Kier alpha value is -8.80. The first kappa shape index (κ1) is 67.6. The minimum atomic E-state index is -0.0205. The molecule has 5 heterocycles. The van der Waals surface area contributed by atoms with Crippen LogP contribution in [0.5, 0.6) is 0 Å². The topological polar surface area (TPSA) is 278 Å².